The molecule has 10 heteroatoms. The molecule has 1 heterocycles. The monoisotopic (exact) mass is 401 g/mol. The van der Waals surface area contributed by atoms with Crippen molar-refractivity contribution in [3.63, 3.8) is 0 Å². The van der Waals surface area contributed by atoms with Crippen LogP contribution in [0.1, 0.15) is 0 Å². The van der Waals surface area contributed by atoms with Crippen LogP contribution in [0.3, 0.4) is 0 Å². The second-order valence-electron chi connectivity index (χ2n) is 4.43. The molecule has 1 aromatic rings. The number of anilines is 1. The smallest absolute Gasteiger partial charge is 0.338 e. The quantitative estimate of drug-likeness (QED) is 0.618. The fraction of sp³-hybridized carbons (Fsp3) is 0.385. The molecule has 1 atom stereocenters. The number of halogens is 4. The van der Waals surface area contributed by atoms with E-state index in [1.54, 1.807) is 0 Å². The Balaban J connectivity index is 1.94. The number of nitrogens with one attached hydrogen (secondary N) is 1. The maximum atomic E-state index is 11.9. The van der Waals surface area contributed by atoms with E-state index in [-0.39, 0.29) is 39.0 Å². The second kappa shape index (κ2) is 8.37. The van der Waals surface area contributed by atoms with Crippen LogP contribution in [0.25, 0.3) is 0 Å². The number of esters is 1. The van der Waals surface area contributed by atoms with Crippen molar-refractivity contribution in [3.8, 4) is 0 Å². The third-order valence-corrected chi connectivity index (χ3v) is 4.38. The summed E-state index contributed by atoms with van der Waals surface area (Å²) in [6, 6.07) is 1.35. The Kier molecular flexibility index (Phi) is 6.76. The zero-order valence-corrected chi connectivity index (χ0v) is 14.6. The first-order valence-corrected chi connectivity index (χ1v) is 7.90. The molecule has 0 spiro atoms. The zero-order valence-electron chi connectivity index (χ0n) is 11.5. The summed E-state index contributed by atoms with van der Waals surface area (Å²) in [5.41, 5.74) is 0.0455. The topological polar surface area (TPSA) is 73.9 Å². The summed E-state index contributed by atoms with van der Waals surface area (Å²) in [7, 11) is 0. The van der Waals surface area contributed by atoms with Crippen molar-refractivity contribution < 1.29 is 23.8 Å². The molecule has 0 unspecified atom stereocenters. The average Bonchev–Trinajstić information content (AvgIpc) is 2.55. The van der Waals surface area contributed by atoms with Crippen LogP contribution in [-0.2, 0) is 23.8 Å². The van der Waals surface area contributed by atoms with Gasteiger partial charge in [-0.3, -0.25) is 4.79 Å². The molecule has 1 amide bonds. The lowest BCUT2D eigenvalue weighted by Gasteiger charge is -2.21. The molecule has 0 bridgehead atoms. The minimum atomic E-state index is -0.843. The van der Waals surface area contributed by atoms with E-state index in [1.807, 2.05) is 0 Å². The summed E-state index contributed by atoms with van der Waals surface area (Å²) in [6.07, 6.45) is -0.843. The number of carbonyl (C=O) groups excluding carboxylic acids is 2. The highest BCUT2D eigenvalue weighted by Gasteiger charge is 2.25. The second-order valence-corrected chi connectivity index (χ2v) is 6.00. The van der Waals surface area contributed by atoms with Gasteiger partial charge in [0.2, 0.25) is 0 Å². The first-order chi connectivity index (χ1) is 10.9. The van der Waals surface area contributed by atoms with Gasteiger partial charge in [0, 0.05) is 0 Å². The summed E-state index contributed by atoms with van der Waals surface area (Å²) in [5.74, 6) is -1.35. The number of rotatable bonds is 4. The molecular weight excluding hydrogens is 392 g/mol. The molecule has 0 aromatic heterocycles. The van der Waals surface area contributed by atoms with Gasteiger partial charge in [-0.15, -0.1) is 0 Å². The van der Waals surface area contributed by atoms with Crippen LogP contribution in [0.15, 0.2) is 6.07 Å². The summed E-state index contributed by atoms with van der Waals surface area (Å²) in [6.45, 7) is 0.243. The zero-order chi connectivity index (χ0) is 17.0. The van der Waals surface area contributed by atoms with Gasteiger partial charge in [-0.05, 0) is 6.07 Å². The van der Waals surface area contributed by atoms with E-state index in [4.69, 9.17) is 60.6 Å². The van der Waals surface area contributed by atoms with Crippen LogP contribution >= 0.6 is 46.4 Å². The molecule has 126 valence electrons. The molecule has 0 aliphatic carbocycles. The molecule has 1 aliphatic heterocycles. The lowest BCUT2D eigenvalue weighted by atomic mass is 10.3. The van der Waals surface area contributed by atoms with Crippen molar-refractivity contribution in [2.75, 3.05) is 31.7 Å². The number of ether oxygens (including phenoxy) is 3. The number of benzene rings is 1. The molecule has 1 N–H and O–H groups in total. The number of carbonyl (C=O) groups is 2. The van der Waals surface area contributed by atoms with Crippen molar-refractivity contribution in [1.82, 2.24) is 0 Å². The minimum Gasteiger partial charge on any atom is -0.454 e. The Morgan fingerprint density at radius 1 is 1.17 bits per heavy atom. The first kappa shape index (κ1) is 18.6. The van der Waals surface area contributed by atoms with Crippen molar-refractivity contribution in [3.05, 3.63) is 26.2 Å². The highest BCUT2D eigenvalue weighted by molar-refractivity contribution is 6.50. The fourth-order valence-electron chi connectivity index (χ4n) is 1.71. The summed E-state index contributed by atoms with van der Waals surface area (Å²) in [5, 5.41) is 2.71. The molecular formula is C13H11Cl4NO5. The van der Waals surface area contributed by atoms with Crippen LogP contribution in [0, 0.1) is 0 Å². The first-order valence-electron chi connectivity index (χ1n) is 6.39. The summed E-state index contributed by atoms with van der Waals surface area (Å²) < 4.78 is 15.1. The molecule has 1 aromatic carbocycles. The van der Waals surface area contributed by atoms with Gasteiger partial charge in [0.1, 0.15) is 0 Å². The highest BCUT2D eigenvalue weighted by atomic mass is 35.5. The van der Waals surface area contributed by atoms with Crippen molar-refractivity contribution in [2.24, 2.45) is 0 Å². The minimum absolute atomic E-state index is 0.0322. The molecule has 1 aliphatic rings. The van der Waals surface area contributed by atoms with E-state index in [0.29, 0.717) is 6.61 Å². The van der Waals surface area contributed by atoms with E-state index in [9.17, 15) is 9.59 Å². The Morgan fingerprint density at radius 2 is 1.83 bits per heavy atom. The SMILES string of the molecule is O=C(COC(=O)[C@H]1COCCO1)Nc1c(Cl)c(Cl)cc(Cl)c1Cl. The molecule has 0 saturated carbocycles. The van der Waals surface area contributed by atoms with E-state index in [0.717, 1.165) is 0 Å². The van der Waals surface area contributed by atoms with Crippen LogP contribution in [0.2, 0.25) is 20.1 Å². The van der Waals surface area contributed by atoms with Crippen molar-refractivity contribution >= 4 is 64.0 Å². The summed E-state index contributed by atoms with van der Waals surface area (Å²) in [4.78, 5) is 23.6. The molecule has 1 saturated heterocycles. The molecule has 1 fully saturated rings. The van der Waals surface area contributed by atoms with Gasteiger partial charge in [0.25, 0.3) is 5.91 Å². The maximum Gasteiger partial charge on any atom is 0.338 e. The fourth-order valence-corrected chi connectivity index (χ4v) is 2.62. The van der Waals surface area contributed by atoms with Gasteiger partial charge < -0.3 is 19.5 Å². The third-order valence-electron chi connectivity index (χ3n) is 2.80. The molecule has 0 radical (unpaired) electrons. The van der Waals surface area contributed by atoms with Gasteiger partial charge in [-0.2, -0.15) is 0 Å². The van der Waals surface area contributed by atoms with Gasteiger partial charge in [-0.25, -0.2) is 4.79 Å². The highest BCUT2D eigenvalue weighted by Crippen LogP contribution is 2.40. The van der Waals surface area contributed by atoms with Crippen LogP contribution in [-0.4, -0.2) is 44.4 Å². The lowest BCUT2D eigenvalue weighted by Crippen LogP contribution is -2.37. The Bertz CT molecular complexity index is 593. The summed E-state index contributed by atoms with van der Waals surface area (Å²) >= 11 is 23.7. The number of hydrogen-bond acceptors (Lipinski definition) is 5. The van der Waals surface area contributed by atoms with Gasteiger partial charge in [-0.1, -0.05) is 46.4 Å². The number of hydrogen-bond donors (Lipinski definition) is 1. The lowest BCUT2D eigenvalue weighted by molar-refractivity contribution is -0.171. The van der Waals surface area contributed by atoms with Gasteiger partial charge in [0.15, 0.2) is 12.7 Å². The third kappa shape index (κ3) is 4.86. The van der Waals surface area contributed by atoms with E-state index in [2.05, 4.69) is 5.32 Å². The van der Waals surface area contributed by atoms with Crippen molar-refractivity contribution in [2.45, 2.75) is 6.10 Å². The molecule has 6 nitrogen and oxygen atoms in total. The molecule has 23 heavy (non-hydrogen) atoms. The average molecular weight is 403 g/mol. The van der Waals surface area contributed by atoms with Gasteiger partial charge in [0.05, 0.1) is 45.6 Å². The van der Waals surface area contributed by atoms with E-state index < -0.39 is 24.6 Å². The Hall–Kier alpha value is -0.760. The van der Waals surface area contributed by atoms with E-state index >= 15 is 0 Å². The van der Waals surface area contributed by atoms with Crippen LogP contribution in [0.4, 0.5) is 5.69 Å². The predicted molar refractivity (Wildman–Crippen MR) is 86.6 cm³/mol. The Labute approximate surface area is 151 Å². The Morgan fingerprint density at radius 3 is 2.39 bits per heavy atom. The van der Waals surface area contributed by atoms with E-state index in [1.165, 1.54) is 6.07 Å². The van der Waals surface area contributed by atoms with Crippen LogP contribution in [0.5, 0.6) is 0 Å². The van der Waals surface area contributed by atoms with Gasteiger partial charge >= 0.3 is 5.97 Å². The maximum absolute atomic E-state index is 11.9. The largest absolute Gasteiger partial charge is 0.454 e. The predicted octanol–water partition coefficient (Wildman–Crippen LogP) is 3.20. The van der Waals surface area contributed by atoms with Crippen molar-refractivity contribution in [1.29, 1.82) is 0 Å². The normalized spacial score (nSPS) is 17.7. The van der Waals surface area contributed by atoms with Crippen LogP contribution < -0.4 is 5.32 Å². The number of amides is 1. The molecule has 2 rings (SSSR count). The standard InChI is InChI=1S/C13H11Cl4NO5/c14-6-3-7(15)11(17)12(10(6)16)18-9(19)5-23-13(20)8-4-21-1-2-22-8/h3,8H,1-2,4-5H2,(H,18,19)/t8-/m1/s1.